The molecule has 0 unspecified atom stereocenters. The summed E-state index contributed by atoms with van der Waals surface area (Å²) in [6, 6.07) is 9.18. The van der Waals surface area contributed by atoms with Crippen LogP contribution < -0.4 is 0 Å². The second kappa shape index (κ2) is 9.14. The summed E-state index contributed by atoms with van der Waals surface area (Å²) in [6.45, 7) is 6.14. The van der Waals surface area contributed by atoms with E-state index in [0.717, 1.165) is 20.3 Å². The number of nitrogens with zero attached hydrogens (tertiary/aromatic N) is 3. The molecule has 0 atom stereocenters. The number of carbonyl (C=O) groups is 1. The molecule has 2 heterocycles. The van der Waals surface area contributed by atoms with Gasteiger partial charge in [-0.25, -0.2) is 8.42 Å². The number of benzene rings is 1. The molecule has 0 N–H and O–H groups in total. The molecule has 158 valence electrons. The zero-order valence-corrected chi connectivity index (χ0v) is 19.3. The largest absolute Gasteiger partial charge is 0.339 e. The van der Waals surface area contributed by atoms with Gasteiger partial charge in [0.2, 0.25) is 15.9 Å². The molecule has 0 bridgehead atoms. The fourth-order valence-corrected chi connectivity index (χ4v) is 6.29. The average molecular weight is 456 g/mol. The maximum atomic E-state index is 13.0. The Bertz CT molecular complexity index is 983. The summed E-state index contributed by atoms with van der Waals surface area (Å²) in [4.78, 5) is 17.8. The fourth-order valence-electron chi connectivity index (χ4n) is 3.50. The van der Waals surface area contributed by atoms with Crippen molar-refractivity contribution in [1.29, 1.82) is 0 Å². The highest BCUT2D eigenvalue weighted by Gasteiger charge is 2.31. The van der Waals surface area contributed by atoms with Crippen molar-refractivity contribution in [3.05, 3.63) is 50.7 Å². The lowest BCUT2D eigenvalue weighted by atomic mass is 10.2. The van der Waals surface area contributed by atoms with E-state index in [0.29, 0.717) is 44.2 Å². The minimum atomic E-state index is -3.55. The summed E-state index contributed by atoms with van der Waals surface area (Å²) in [5.41, 5.74) is 1.78. The second-order valence-electron chi connectivity index (χ2n) is 7.43. The molecule has 1 amide bonds. The van der Waals surface area contributed by atoms with Gasteiger partial charge in [-0.05, 0) is 44.7 Å². The first-order valence-electron chi connectivity index (χ1n) is 9.45. The number of hydrogen-bond acceptors (Lipinski definition) is 5. The molecule has 1 aliphatic rings. The van der Waals surface area contributed by atoms with Gasteiger partial charge < -0.3 is 4.90 Å². The third-order valence-corrected chi connectivity index (χ3v) is 8.27. The van der Waals surface area contributed by atoms with Crippen LogP contribution in [0.15, 0.2) is 35.2 Å². The number of rotatable bonds is 6. The molecule has 29 heavy (non-hydrogen) atoms. The van der Waals surface area contributed by atoms with Crippen molar-refractivity contribution >= 4 is 38.9 Å². The maximum absolute atomic E-state index is 13.0. The Morgan fingerprint density at radius 2 is 1.83 bits per heavy atom. The van der Waals surface area contributed by atoms with Gasteiger partial charge in [0.05, 0.1) is 15.8 Å². The molecule has 0 aliphatic carbocycles. The molecule has 2 aromatic rings. The van der Waals surface area contributed by atoms with Gasteiger partial charge in [0.25, 0.3) is 0 Å². The van der Waals surface area contributed by atoms with E-state index in [4.69, 9.17) is 11.6 Å². The monoisotopic (exact) mass is 455 g/mol. The Morgan fingerprint density at radius 1 is 1.14 bits per heavy atom. The number of likely N-dealkylation sites (N-methyl/N-ethyl adjacent to an activating group) is 1. The molecule has 1 saturated heterocycles. The van der Waals surface area contributed by atoms with Crippen LogP contribution in [0.4, 0.5) is 0 Å². The predicted molar refractivity (Wildman–Crippen MR) is 117 cm³/mol. The van der Waals surface area contributed by atoms with Gasteiger partial charge in [0, 0.05) is 37.6 Å². The molecule has 0 radical (unpaired) electrons. The smallest absolute Gasteiger partial charge is 0.243 e. The van der Waals surface area contributed by atoms with E-state index in [2.05, 4.69) is 0 Å². The highest BCUT2D eigenvalue weighted by molar-refractivity contribution is 7.89. The zero-order chi connectivity index (χ0) is 21.2. The van der Waals surface area contributed by atoms with Crippen molar-refractivity contribution in [2.24, 2.45) is 0 Å². The van der Waals surface area contributed by atoms with Gasteiger partial charge in [-0.15, -0.1) is 11.3 Å². The van der Waals surface area contributed by atoms with Gasteiger partial charge in [-0.3, -0.25) is 9.69 Å². The van der Waals surface area contributed by atoms with E-state index in [-0.39, 0.29) is 5.91 Å². The number of piperazine rings is 1. The molecular weight excluding hydrogens is 430 g/mol. The number of thiophene rings is 1. The van der Waals surface area contributed by atoms with Crippen LogP contribution in [-0.2, 0) is 21.4 Å². The van der Waals surface area contributed by atoms with E-state index in [1.807, 2.05) is 50.1 Å². The quantitative estimate of drug-likeness (QED) is 0.671. The van der Waals surface area contributed by atoms with Crippen LogP contribution in [0, 0.1) is 13.8 Å². The first-order chi connectivity index (χ1) is 13.7. The Kier molecular flexibility index (Phi) is 7.01. The summed E-state index contributed by atoms with van der Waals surface area (Å²) in [5, 5.41) is 0. The summed E-state index contributed by atoms with van der Waals surface area (Å²) in [7, 11) is -1.65. The van der Waals surface area contributed by atoms with Crippen LogP contribution in [0.3, 0.4) is 0 Å². The zero-order valence-electron chi connectivity index (χ0n) is 16.9. The van der Waals surface area contributed by atoms with Gasteiger partial charge in [0.15, 0.2) is 0 Å². The summed E-state index contributed by atoms with van der Waals surface area (Å²) in [5.74, 6) is 0.0127. The molecule has 9 heteroatoms. The van der Waals surface area contributed by atoms with Crippen molar-refractivity contribution < 1.29 is 13.2 Å². The summed E-state index contributed by atoms with van der Waals surface area (Å²) in [6.07, 6.45) is 0. The lowest BCUT2D eigenvalue weighted by Gasteiger charge is -2.35. The van der Waals surface area contributed by atoms with Crippen LogP contribution in [0.5, 0.6) is 0 Å². The number of halogens is 1. The number of amides is 1. The number of aryl methyl sites for hydroxylation is 2. The first-order valence-corrected chi connectivity index (χ1v) is 12.1. The van der Waals surface area contributed by atoms with Crippen molar-refractivity contribution in [2.45, 2.75) is 25.3 Å². The van der Waals surface area contributed by atoms with E-state index in [1.54, 1.807) is 11.0 Å². The predicted octanol–water partition coefficient (Wildman–Crippen LogP) is 2.98. The normalized spacial score (nSPS) is 15.8. The van der Waals surface area contributed by atoms with Crippen LogP contribution >= 0.6 is 22.9 Å². The molecule has 3 rings (SSSR count). The molecule has 6 nitrogen and oxygen atoms in total. The minimum absolute atomic E-state index is 0.0127. The Morgan fingerprint density at radius 3 is 2.41 bits per heavy atom. The third kappa shape index (κ3) is 5.38. The van der Waals surface area contributed by atoms with Crippen molar-refractivity contribution in [3.63, 3.8) is 0 Å². The SMILES string of the molecule is Cc1ccc(S(=O)(=O)N2CCN(C(=O)CN(C)Cc3ccc(Cl)s3)CC2)c(C)c1. The van der Waals surface area contributed by atoms with Crippen LogP contribution in [0.25, 0.3) is 0 Å². The van der Waals surface area contributed by atoms with Gasteiger partial charge in [-0.2, -0.15) is 4.31 Å². The first kappa shape index (κ1) is 22.2. The Hall–Kier alpha value is -1.45. The standard InChI is InChI=1S/C20H26ClN3O3S2/c1-15-4-6-18(16(2)12-15)29(26,27)24-10-8-23(9-11-24)20(25)14-22(3)13-17-5-7-19(21)28-17/h4-7,12H,8-11,13-14H2,1-3H3. The van der Waals surface area contributed by atoms with Crippen LogP contribution in [0.1, 0.15) is 16.0 Å². The van der Waals surface area contributed by atoms with Crippen LogP contribution in [0.2, 0.25) is 4.34 Å². The lowest BCUT2D eigenvalue weighted by Crippen LogP contribution is -2.52. The van der Waals surface area contributed by atoms with E-state index in [1.165, 1.54) is 15.6 Å². The van der Waals surface area contributed by atoms with Crippen molar-refractivity contribution in [3.8, 4) is 0 Å². The highest BCUT2D eigenvalue weighted by Crippen LogP contribution is 2.23. The highest BCUT2D eigenvalue weighted by atomic mass is 35.5. The molecule has 0 saturated carbocycles. The van der Waals surface area contributed by atoms with Gasteiger partial charge in [0.1, 0.15) is 0 Å². The van der Waals surface area contributed by atoms with E-state index in [9.17, 15) is 13.2 Å². The molecule has 1 aliphatic heterocycles. The minimum Gasteiger partial charge on any atom is -0.339 e. The molecular formula is C20H26ClN3O3S2. The van der Waals surface area contributed by atoms with Crippen molar-refractivity contribution in [1.82, 2.24) is 14.1 Å². The van der Waals surface area contributed by atoms with Crippen molar-refractivity contribution in [2.75, 3.05) is 39.8 Å². The second-order valence-corrected chi connectivity index (χ2v) is 11.1. The molecule has 1 aromatic carbocycles. The number of hydrogen-bond donors (Lipinski definition) is 0. The Balaban J connectivity index is 1.56. The molecule has 1 fully saturated rings. The number of sulfonamides is 1. The third-order valence-electron chi connectivity index (χ3n) is 5.00. The summed E-state index contributed by atoms with van der Waals surface area (Å²) >= 11 is 7.46. The maximum Gasteiger partial charge on any atom is 0.243 e. The van der Waals surface area contributed by atoms with Gasteiger partial charge >= 0.3 is 0 Å². The van der Waals surface area contributed by atoms with E-state index < -0.39 is 10.0 Å². The fraction of sp³-hybridized carbons (Fsp3) is 0.450. The Labute approximate surface area is 181 Å². The molecule has 1 aromatic heterocycles. The van der Waals surface area contributed by atoms with Gasteiger partial charge in [-0.1, -0.05) is 29.3 Å². The number of carbonyl (C=O) groups excluding carboxylic acids is 1. The van der Waals surface area contributed by atoms with Crippen LogP contribution in [-0.4, -0.2) is 68.2 Å². The average Bonchev–Trinajstić information content (AvgIpc) is 3.06. The lowest BCUT2D eigenvalue weighted by molar-refractivity contribution is -0.133. The van der Waals surface area contributed by atoms with E-state index >= 15 is 0 Å². The molecule has 0 spiro atoms. The summed E-state index contributed by atoms with van der Waals surface area (Å²) < 4.78 is 28.2. The topological polar surface area (TPSA) is 60.9 Å².